The number of hydrogen-bond donors (Lipinski definition) is 1. The monoisotopic (exact) mass is 256 g/mol. The first-order chi connectivity index (χ1) is 9.31. The Hall–Kier alpha value is -1.71. The van der Waals surface area contributed by atoms with E-state index < -0.39 is 0 Å². The van der Waals surface area contributed by atoms with Gasteiger partial charge in [-0.15, -0.1) is 0 Å². The van der Waals surface area contributed by atoms with E-state index in [4.69, 9.17) is 4.74 Å². The van der Waals surface area contributed by atoms with Crippen molar-refractivity contribution in [3.63, 3.8) is 0 Å². The molecule has 2 rings (SSSR count). The molecule has 1 atom stereocenters. The van der Waals surface area contributed by atoms with Gasteiger partial charge in [0.15, 0.2) is 0 Å². The first-order valence-corrected chi connectivity index (χ1v) is 6.48. The van der Waals surface area contributed by atoms with Gasteiger partial charge in [-0.05, 0) is 29.7 Å². The number of aryl methyl sites for hydroxylation is 1. The van der Waals surface area contributed by atoms with E-state index in [1.165, 1.54) is 16.7 Å². The van der Waals surface area contributed by atoms with Gasteiger partial charge in [0.2, 0.25) is 0 Å². The van der Waals surface area contributed by atoms with Crippen LogP contribution in [-0.4, -0.2) is 18.7 Å². The lowest BCUT2D eigenvalue weighted by molar-refractivity contribution is 0.166. The number of aromatic nitrogens is 1. The van der Waals surface area contributed by atoms with Gasteiger partial charge >= 0.3 is 0 Å². The average molecular weight is 256 g/mol. The predicted molar refractivity (Wildman–Crippen MR) is 76.9 cm³/mol. The van der Waals surface area contributed by atoms with Gasteiger partial charge in [-0.2, -0.15) is 0 Å². The van der Waals surface area contributed by atoms with Crippen molar-refractivity contribution in [3.8, 4) is 0 Å². The van der Waals surface area contributed by atoms with Crippen LogP contribution >= 0.6 is 0 Å². The van der Waals surface area contributed by atoms with Crippen LogP contribution in [-0.2, 0) is 11.3 Å². The van der Waals surface area contributed by atoms with Gasteiger partial charge in [0, 0.05) is 26.0 Å². The Kier molecular flexibility index (Phi) is 5.07. The summed E-state index contributed by atoms with van der Waals surface area (Å²) in [5, 5.41) is 3.54. The topological polar surface area (TPSA) is 34.1 Å². The Morgan fingerprint density at radius 1 is 1.21 bits per heavy atom. The first kappa shape index (κ1) is 13.7. The molecule has 0 radical (unpaired) electrons. The van der Waals surface area contributed by atoms with Gasteiger partial charge in [0.1, 0.15) is 0 Å². The van der Waals surface area contributed by atoms with Gasteiger partial charge < -0.3 is 10.1 Å². The second-order valence-electron chi connectivity index (χ2n) is 4.60. The maximum Gasteiger partial charge on any atom is 0.0657 e. The van der Waals surface area contributed by atoms with Crippen LogP contribution < -0.4 is 5.32 Å². The van der Waals surface area contributed by atoms with Crippen molar-refractivity contribution in [2.75, 3.05) is 13.7 Å². The van der Waals surface area contributed by atoms with Crippen molar-refractivity contribution < 1.29 is 4.74 Å². The minimum Gasteiger partial charge on any atom is -0.383 e. The number of rotatable bonds is 6. The molecule has 3 heteroatoms. The van der Waals surface area contributed by atoms with Gasteiger partial charge in [-0.1, -0.05) is 30.3 Å². The Morgan fingerprint density at radius 3 is 2.68 bits per heavy atom. The third-order valence-corrected chi connectivity index (χ3v) is 3.21. The van der Waals surface area contributed by atoms with Crippen LogP contribution in [0.3, 0.4) is 0 Å². The molecule has 100 valence electrons. The fourth-order valence-electron chi connectivity index (χ4n) is 2.06. The van der Waals surface area contributed by atoms with Crippen molar-refractivity contribution >= 4 is 0 Å². The summed E-state index contributed by atoms with van der Waals surface area (Å²) in [6, 6.07) is 12.6. The van der Waals surface area contributed by atoms with Gasteiger partial charge in [-0.25, -0.2) is 0 Å². The third kappa shape index (κ3) is 3.88. The molecule has 1 aromatic heterocycles. The standard InChI is InChI=1S/C16H20N2O/c1-13-10-17-9-8-15(13)11-18-16(12-19-2)14-6-4-3-5-7-14/h3-10,16,18H,11-12H2,1-2H3. The third-order valence-electron chi connectivity index (χ3n) is 3.21. The fraction of sp³-hybridized carbons (Fsp3) is 0.312. The molecule has 0 aliphatic carbocycles. The Bertz CT molecular complexity index is 499. The van der Waals surface area contributed by atoms with E-state index in [1.54, 1.807) is 7.11 Å². The normalized spacial score (nSPS) is 12.3. The zero-order chi connectivity index (χ0) is 13.5. The van der Waals surface area contributed by atoms with E-state index in [2.05, 4.69) is 47.6 Å². The number of benzene rings is 1. The summed E-state index contributed by atoms with van der Waals surface area (Å²) in [7, 11) is 1.73. The number of pyridine rings is 1. The van der Waals surface area contributed by atoms with E-state index in [0.717, 1.165) is 6.54 Å². The minimum absolute atomic E-state index is 0.207. The molecular weight excluding hydrogens is 236 g/mol. The van der Waals surface area contributed by atoms with Crippen molar-refractivity contribution in [3.05, 3.63) is 65.5 Å². The Balaban J connectivity index is 2.04. The number of ether oxygens (including phenoxy) is 1. The van der Waals surface area contributed by atoms with E-state index in [1.807, 2.05) is 18.5 Å². The Morgan fingerprint density at radius 2 is 2.00 bits per heavy atom. The van der Waals surface area contributed by atoms with Crippen LogP contribution in [0.2, 0.25) is 0 Å². The maximum atomic E-state index is 5.30. The highest BCUT2D eigenvalue weighted by atomic mass is 16.5. The molecule has 0 spiro atoms. The van der Waals surface area contributed by atoms with E-state index >= 15 is 0 Å². The average Bonchev–Trinajstić information content (AvgIpc) is 2.46. The highest BCUT2D eigenvalue weighted by Gasteiger charge is 2.10. The molecule has 1 unspecified atom stereocenters. The van der Waals surface area contributed by atoms with Crippen LogP contribution in [0.4, 0.5) is 0 Å². The molecule has 1 N–H and O–H groups in total. The zero-order valence-electron chi connectivity index (χ0n) is 11.5. The van der Waals surface area contributed by atoms with Crippen molar-refractivity contribution in [1.82, 2.24) is 10.3 Å². The van der Waals surface area contributed by atoms with Crippen LogP contribution in [0.25, 0.3) is 0 Å². The molecule has 0 amide bonds. The van der Waals surface area contributed by atoms with Crippen molar-refractivity contribution in [2.45, 2.75) is 19.5 Å². The lowest BCUT2D eigenvalue weighted by Gasteiger charge is -2.19. The highest BCUT2D eigenvalue weighted by molar-refractivity contribution is 5.23. The van der Waals surface area contributed by atoms with Crippen LogP contribution in [0, 0.1) is 6.92 Å². The lowest BCUT2D eigenvalue weighted by atomic mass is 10.1. The zero-order valence-corrected chi connectivity index (χ0v) is 11.5. The van der Waals surface area contributed by atoms with Gasteiger partial charge in [-0.3, -0.25) is 4.98 Å². The van der Waals surface area contributed by atoms with Crippen molar-refractivity contribution in [1.29, 1.82) is 0 Å². The summed E-state index contributed by atoms with van der Waals surface area (Å²) in [6.45, 7) is 3.56. The second-order valence-corrected chi connectivity index (χ2v) is 4.60. The van der Waals surface area contributed by atoms with Gasteiger partial charge in [0.05, 0.1) is 12.6 Å². The Labute approximate surface area is 114 Å². The summed E-state index contributed by atoms with van der Waals surface area (Å²) in [5.74, 6) is 0. The maximum absolute atomic E-state index is 5.30. The highest BCUT2D eigenvalue weighted by Crippen LogP contribution is 2.14. The molecule has 1 heterocycles. The number of nitrogens with one attached hydrogen (secondary N) is 1. The van der Waals surface area contributed by atoms with Gasteiger partial charge in [0.25, 0.3) is 0 Å². The summed E-state index contributed by atoms with van der Waals surface area (Å²) in [5.41, 5.74) is 3.72. The van der Waals surface area contributed by atoms with E-state index in [-0.39, 0.29) is 6.04 Å². The molecule has 0 saturated heterocycles. The van der Waals surface area contributed by atoms with Crippen molar-refractivity contribution in [2.24, 2.45) is 0 Å². The molecule has 3 nitrogen and oxygen atoms in total. The molecule has 0 fully saturated rings. The lowest BCUT2D eigenvalue weighted by Crippen LogP contribution is -2.25. The SMILES string of the molecule is COCC(NCc1ccncc1C)c1ccccc1. The summed E-state index contributed by atoms with van der Waals surface area (Å²) in [6.07, 6.45) is 3.72. The smallest absolute Gasteiger partial charge is 0.0657 e. The fourth-order valence-corrected chi connectivity index (χ4v) is 2.06. The minimum atomic E-state index is 0.207. The molecule has 0 bridgehead atoms. The number of methoxy groups -OCH3 is 1. The van der Waals surface area contributed by atoms with Crippen LogP contribution in [0.5, 0.6) is 0 Å². The summed E-state index contributed by atoms with van der Waals surface area (Å²) >= 11 is 0. The summed E-state index contributed by atoms with van der Waals surface area (Å²) < 4.78 is 5.30. The molecule has 2 aromatic rings. The molecular formula is C16H20N2O. The molecule has 1 aromatic carbocycles. The van der Waals surface area contributed by atoms with E-state index in [9.17, 15) is 0 Å². The van der Waals surface area contributed by atoms with Crippen LogP contribution in [0.15, 0.2) is 48.8 Å². The largest absolute Gasteiger partial charge is 0.383 e. The first-order valence-electron chi connectivity index (χ1n) is 6.48. The van der Waals surface area contributed by atoms with Crippen LogP contribution in [0.1, 0.15) is 22.7 Å². The predicted octanol–water partition coefficient (Wildman–Crippen LogP) is 2.87. The molecule has 0 aliphatic rings. The number of nitrogens with zero attached hydrogens (tertiary/aromatic N) is 1. The molecule has 0 aliphatic heterocycles. The molecule has 19 heavy (non-hydrogen) atoms. The second kappa shape index (κ2) is 7.02. The molecule has 0 saturated carbocycles. The van der Waals surface area contributed by atoms with E-state index in [0.29, 0.717) is 6.61 Å². The quantitative estimate of drug-likeness (QED) is 0.863. The number of hydrogen-bond acceptors (Lipinski definition) is 3. The summed E-state index contributed by atoms with van der Waals surface area (Å²) in [4.78, 5) is 4.11.